The maximum atomic E-state index is 12.7. The molecule has 1 N–H and O–H groups in total. The fourth-order valence-corrected chi connectivity index (χ4v) is 2.87. The summed E-state index contributed by atoms with van der Waals surface area (Å²) in [7, 11) is 0. The van der Waals surface area contributed by atoms with Crippen LogP contribution >= 0.6 is 0 Å². The number of carbonyl (C=O) groups excluding carboxylic acids is 1. The molecule has 3 nitrogen and oxygen atoms in total. The highest BCUT2D eigenvalue weighted by Gasteiger charge is 2.40. The van der Waals surface area contributed by atoms with Crippen molar-refractivity contribution in [3.05, 3.63) is 48.6 Å². The quantitative estimate of drug-likeness (QED) is 0.838. The van der Waals surface area contributed by atoms with Crippen LogP contribution in [0, 0.1) is 5.92 Å². The summed E-state index contributed by atoms with van der Waals surface area (Å²) in [5.41, 5.74) is -0.394. The summed E-state index contributed by atoms with van der Waals surface area (Å²) >= 11 is 0. The molecule has 1 heterocycles. The number of likely N-dealkylation sites (tertiary alicyclic amines) is 1. The van der Waals surface area contributed by atoms with Crippen molar-refractivity contribution in [1.29, 1.82) is 0 Å². The molecule has 0 bridgehead atoms. The Balaban J connectivity index is 2.26. The Hall–Kier alpha value is -1.61. The van der Waals surface area contributed by atoms with E-state index < -0.39 is 11.5 Å². The maximum absolute atomic E-state index is 12.7. The van der Waals surface area contributed by atoms with Crippen molar-refractivity contribution in [3.63, 3.8) is 0 Å². The van der Waals surface area contributed by atoms with Crippen LogP contribution in [-0.2, 0) is 10.4 Å². The molecule has 1 aromatic carbocycles. The summed E-state index contributed by atoms with van der Waals surface area (Å²) in [6, 6.07) is 9.41. The van der Waals surface area contributed by atoms with Crippen LogP contribution in [0.2, 0.25) is 0 Å². The Labute approximate surface area is 120 Å². The summed E-state index contributed by atoms with van der Waals surface area (Å²) < 4.78 is 0. The van der Waals surface area contributed by atoms with Crippen molar-refractivity contribution >= 4 is 5.91 Å². The number of aliphatic hydroxyl groups is 1. The number of allylic oxidation sites excluding steroid dienone is 1. The van der Waals surface area contributed by atoms with Crippen molar-refractivity contribution in [3.8, 4) is 0 Å². The van der Waals surface area contributed by atoms with Gasteiger partial charge in [-0.1, -0.05) is 36.4 Å². The Morgan fingerprint density at radius 2 is 2.00 bits per heavy atom. The summed E-state index contributed by atoms with van der Waals surface area (Å²) in [4.78, 5) is 14.5. The molecule has 2 atom stereocenters. The van der Waals surface area contributed by atoms with Gasteiger partial charge in [0.2, 0.25) is 5.91 Å². The summed E-state index contributed by atoms with van der Waals surface area (Å²) in [5, 5.41) is 10.9. The molecule has 0 unspecified atom stereocenters. The molecule has 1 amide bonds. The first-order chi connectivity index (χ1) is 9.57. The zero-order chi connectivity index (χ0) is 14.6. The van der Waals surface area contributed by atoms with Gasteiger partial charge in [-0.05, 0) is 31.7 Å². The van der Waals surface area contributed by atoms with E-state index in [-0.39, 0.29) is 5.91 Å². The third-order valence-corrected chi connectivity index (χ3v) is 4.15. The third kappa shape index (κ3) is 2.93. The minimum Gasteiger partial charge on any atom is -0.385 e. The highest BCUT2D eigenvalue weighted by Crippen LogP contribution is 2.34. The Kier molecular flexibility index (Phi) is 4.61. The van der Waals surface area contributed by atoms with E-state index in [1.807, 2.05) is 35.2 Å². The zero-order valence-electron chi connectivity index (χ0n) is 12.1. The molecule has 20 heavy (non-hydrogen) atoms. The van der Waals surface area contributed by atoms with Gasteiger partial charge in [0.05, 0.1) is 11.5 Å². The molecule has 1 saturated heterocycles. The van der Waals surface area contributed by atoms with Gasteiger partial charge in [0.15, 0.2) is 0 Å². The lowest BCUT2D eigenvalue weighted by Crippen LogP contribution is -2.44. The molecule has 0 radical (unpaired) electrons. The van der Waals surface area contributed by atoms with E-state index >= 15 is 0 Å². The van der Waals surface area contributed by atoms with Gasteiger partial charge in [-0.2, -0.15) is 0 Å². The van der Waals surface area contributed by atoms with Gasteiger partial charge in [0, 0.05) is 13.1 Å². The van der Waals surface area contributed by atoms with Gasteiger partial charge < -0.3 is 10.0 Å². The Morgan fingerprint density at radius 3 is 2.55 bits per heavy atom. The van der Waals surface area contributed by atoms with Crippen LogP contribution < -0.4 is 0 Å². The fourth-order valence-electron chi connectivity index (χ4n) is 2.87. The summed E-state index contributed by atoms with van der Waals surface area (Å²) in [6.07, 6.45) is 4.31. The predicted molar refractivity (Wildman–Crippen MR) is 80.1 cm³/mol. The second-order valence-electron chi connectivity index (χ2n) is 5.62. The zero-order valence-corrected chi connectivity index (χ0v) is 12.1. The smallest absolute Gasteiger partial charge is 0.229 e. The molecule has 0 aliphatic carbocycles. The number of benzene rings is 1. The molecule has 0 aromatic heterocycles. The van der Waals surface area contributed by atoms with Crippen LogP contribution in [0.15, 0.2) is 43.0 Å². The van der Waals surface area contributed by atoms with E-state index in [1.54, 1.807) is 13.0 Å². The molecular weight excluding hydrogens is 250 g/mol. The predicted octanol–water partition coefficient (Wildman–Crippen LogP) is 2.71. The highest BCUT2D eigenvalue weighted by atomic mass is 16.3. The standard InChI is InChI=1S/C17H23NO2/c1-3-9-15(16(19)18-12-7-8-13-18)17(2,20)14-10-5-4-6-11-14/h3-6,10-11,15,20H,1,7-9,12-13H2,2H3/t15-,17+/m0/s1. The normalized spacial score (nSPS) is 19.4. The number of rotatable bonds is 5. The van der Waals surface area contributed by atoms with E-state index in [0.717, 1.165) is 31.5 Å². The second kappa shape index (κ2) is 6.23. The van der Waals surface area contributed by atoms with Gasteiger partial charge >= 0.3 is 0 Å². The number of nitrogens with zero attached hydrogens (tertiary/aromatic N) is 1. The Bertz CT molecular complexity index is 461. The first-order valence-electron chi connectivity index (χ1n) is 7.25. The van der Waals surface area contributed by atoms with E-state index in [0.29, 0.717) is 6.42 Å². The molecule has 0 spiro atoms. The summed E-state index contributed by atoms with van der Waals surface area (Å²) in [5.74, 6) is -0.434. The largest absolute Gasteiger partial charge is 0.385 e. The number of carbonyl (C=O) groups is 1. The van der Waals surface area contributed by atoms with Crippen LogP contribution in [0.5, 0.6) is 0 Å². The van der Waals surface area contributed by atoms with E-state index in [2.05, 4.69) is 6.58 Å². The van der Waals surface area contributed by atoms with Crippen LogP contribution in [0.1, 0.15) is 31.7 Å². The molecule has 3 heteroatoms. The average molecular weight is 273 g/mol. The van der Waals surface area contributed by atoms with Crippen LogP contribution in [0.3, 0.4) is 0 Å². The van der Waals surface area contributed by atoms with Gasteiger partial charge in [-0.25, -0.2) is 0 Å². The van der Waals surface area contributed by atoms with Crippen LogP contribution in [-0.4, -0.2) is 29.0 Å². The number of amides is 1. The van der Waals surface area contributed by atoms with Crippen molar-refractivity contribution < 1.29 is 9.90 Å². The minimum atomic E-state index is -1.17. The van der Waals surface area contributed by atoms with Gasteiger partial charge in [-0.3, -0.25) is 4.79 Å². The van der Waals surface area contributed by atoms with Crippen molar-refractivity contribution in [1.82, 2.24) is 4.90 Å². The van der Waals surface area contributed by atoms with Gasteiger partial charge in [0.1, 0.15) is 0 Å². The molecule has 1 aliphatic heterocycles. The van der Waals surface area contributed by atoms with Crippen molar-refractivity contribution in [2.24, 2.45) is 5.92 Å². The van der Waals surface area contributed by atoms with Gasteiger partial charge in [0.25, 0.3) is 0 Å². The third-order valence-electron chi connectivity index (χ3n) is 4.15. The topological polar surface area (TPSA) is 40.5 Å². The molecule has 1 aliphatic rings. The Morgan fingerprint density at radius 1 is 1.40 bits per heavy atom. The lowest BCUT2D eigenvalue weighted by Gasteiger charge is -2.34. The SMILES string of the molecule is C=CC[C@@H](C(=O)N1CCCC1)[C@](C)(O)c1ccccc1. The van der Waals surface area contributed by atoms with E-state index in [1.165, 1.54) is 0 Å². The van der Waals surface area contributed by atoms with E-state index in [9.17, 15) is 9.90 Å². The van der Waals surface area contributed by atoms with E-state index in [4.69, 9.17) is 0 Å². The molecular formula is C17H23NO2. The number of hydrogen-bond donors (Lipinski definition) is 1. The molecule has 1 aromatic rings. The first-order valence-corrected chi connectivity index (χ1v) is 7.25. The second-order valence-corrected chi connectivity index (χ2v) is 5.62. The molecule has 0 saturated carbocycles. The van der Waals surface area contributed by atoms with Crippen molar-refractivity contribution in [2.45, 2.75) is 31.8 Å². The maximum Gasteiger partial charge on any atom is 0.229 e. The number of hydrogen-bond acceptors (Lipinski definition) is 2. The molecule has 1 fully saturated rings. The van der Waals surface area contributed by atoms with Gasteiger partial charge in [-0.15, -0.1) is 6.58 Å². The fraction of sp³-hybridized carbons (Fsp3) is 0.471. The summed E-state index contributed by atoms with van der Waals surface area (Å²) in [6.45, 7) is 7.07. The minimum absolute atomic E-state index is 0.0382. The van der Waals surface area contributed by atoms with Crippen LogP contribution in [0.4, 0.5) is 0 Å². The molecule has 2 rings (SSSR count). The molecule has 108 valence electrons. The average Bonchev–Trinajstić information content (AvgIpc) is 2.99. The van der Waals surface area contributed by atoms with Crippen molar-refractivity contribution in [2.75, 3.05) is 13.1 Å². The monoisotopic (exact) mass is 273 g/mol. The lowest BCUT2D eigenvalue weighted by molar-refractivity contribution is -0.144. The van der Waals surface area contributed by atoms with Crippen LogP contribution in [0.25, 0.3) is 0 Å². The highest BCUT2D eigenvalue weighted by molar-refractivity contribution is 5.80. The lowest BCUT2D eigenvalue weighted by atomic mass is 9.80. The first kappa shape index (κ1) is 14.8.